The number of carboxylic acids is 2. The third-order valence-corrected chi connectivity index (χ3v) is 3.10. The van der Waals surface area contributed by atoms with Gasteiger partial charge in [-0.2, -0.15) is 0 Å². The molecule has 2 heterocycles. The van der Waals surface area contributed by atoms with Crippen molar-refractivity contribution in [2.45, 2.75) is 6.54 Å². The molecular weight excluding hydrogens is 296 g/mol. The Kier molecular flexibility index (Phi) is 3.68. The zero-order chi connectivity index (χ0) is 16.6. The highest BCUT2D eigenvalue weighted by Gasteiger charge is 2.18. The molecule has 0 radical (unpaired) electrons. The Labute approximate surface area is 122 Å². The van der Waals surface area contributed by atoms with E-state index in [-0.39, 0.29) is 11.2 Å². The van der Waals surface area contributed by atoms with Crippen LogP contribution in [0.4, 0.5) is 0 Å². The monoisotopic (exact) mass is 308 g/mol. The number of hydrogen-bond donors (Lipinski definition) is 2. The summed E-state index contributed by atoms with van der Waals surface area (Å²) in [6.45, 7) is -0.658. The van der Waals surface area contributed by atoms with E-state index >= 15 is 0 Å². The van der Waals surface area contributed by atoms with E-state index in [1.165, 1.54) is 17.9 Å². The Bertz CT molecular complexity index is 929. The van der Waals surface area contributed by atoms with Crippen LogP contribution >= 0.6 is 0 Å². The summed E-state index contributed by atoms with van der Waals surface area (Å²) in [7, 11) is 2.94. The van der Waals surface area contributed by atoms with Crippen molar-refractivity contribution in [1.82, 2.24) is 18.7 Å². The van der Waals surface area contributed by atoms with Gasteiger partial charge in [-0.25, -0.2) is 19.4 Å². The fourth-order valence-corrected chi connectivity index (χ4v) is 2.03. The number of carbonyl (C=O) groups is 2. The quantitative estimate of drug-likeness (QED) is 0.658. The molecular formula is C12H12N4O6. The molecule has 0 saturated carbocycles. The van der Waals surface area contributed by atoms with Gasteiger partial charge >= 0.3 is 17.6 Å². The van der Waals surface area contributed by atoms with Crippen LogP contribution in [-0.4, -0.2) is 40.8 Å². The predicted octanol–water partition coefficient (Wildman–Crippen LogP) is -1.47. The zero-order valence-corrected chi connectivity index (χ0v) is 11.7. The van der Waals surface area contributed by atoms with Crippen molar-refractivity contribution in [3.05, 3.63) is 38.8 Å². The number of rotatable bonds is 4. The van der Waals surface area contributed by atoms with E-state index in [0.717, 1.165) is 4.57 Å². The van der Waals surface area contributed by atoms with Crippen LogP contribution in [0.25, 0.3) is 11.2 Å². The summed E-state index contributed by atoms with van der Waals surface area (Å²) in [6.07, 6.45) is 1.79. The van der Waals surface area contributed by atoms with Gasteiger partial charge in [0.15, 0.2) is 11.2 Å². The predicted molar refractivity (Wildman–Crippen MR) is 73.6 cm³/mol. The largest absolute Gasteiger partial charge is 0.478 e. The van der Waals surface area contributed by atoms with Gasteiger partial charge < -0.3 is 14.8 Å². The first kappa shape index (κ1) is 15.2. The van der Waals surface area contributed by atoms with Crippen molar-refractivity contribution >= 4 is 23.1 Å². The number of aromatic nitrogens is 4. The summed E-state index contributed by atoms with van der Waals surface area (Å²) < 4.78 is 3.15. The second kappa shape index (κ2) is 5.31. The molecule has 0 aromatic carbocycles. The van der Waals surface area contributed by atoms with Gasteiger partial charge in [-0.05, 0) is 0 Å². The summed E-state index contributed by atoms with van der Waals surface area (Å²) in [6, 6.07) is 0. The highest BCUT2D eigenvalue weighted by atomic mass is 16.4. The Morgan fingerprint density at radius 3 is 2.45 bits per heavy atom. The number of fused-ring (bicyclic) bond motifs is 1. The third-order valence-electron chi connectivity index (χ3n) is 3.10. The minimum absolute atomic E-state index is 0.113. The molecule has 22 heavy (non-hydrogen) atoms. The number of nitrogens with zero attached hydrogens (tertiary/aromatic N) is 4. The molecule has 0 aliphatic carbocycles. The van der Waals surface area contributed by atoms with E-state index < -0.39 is 35.3 Å². The van der Waals surface area contributed by atoms with Crippen LogP contribution in [0.1, 0.15) is 0 Å². The first-order valence-electron chi connectivity index (χ1n) is 6.01. The van der Waals surface area contributed by atoms with Gasteiger partial charge in [-0.1, -0.05) is 0 Å². The molecule has 0 spiro atoms. The standard InChI is InChI=1S/C12H12N4O6/c1-14-5-13-9-8(14)10(19)16(12(22)15(9)2)4-6(11(20)21)3-7(17)18/h3,5H,4H2,1-2H3,(H,17,18)(H,20,21)/b6-3-. The van der Waals surface area contributed by atoms with E-state index in [2.05, 4.69) is 4.98 Å². The second-order valence-electron chi connectivity index (χ2n) is 4.57. The molecule has 0 amide bonds. The molecule has 0 bridgehead atoms. The minimum Gasteiger partial charge on any atom is -0.478 e. The maximum atomic E-state index is 12.3. The molecule has 0 unspecified atom stereocenters. The lowest BCUT2D eigenvalue weighted by Gasteiger charge is -2.08. The second-order valence-corrected chi connectivity index (χ2v) is 4.57. The van der Waals surface area contributed by atoms with E-state index in [4.69, 9.17) is 10.2 Å². The van der Waals surface area contributed by atoms with Crippen molar-refractivity contribution in [3.63, 3.8) is 0 Å². The van der Waals surface area contributed by atoms with Crippen molar-refractivity contribution in [3.8, 4) is 0 Å². The molecule has 0 saturated heterocycles. The lowest BCUT2D eigenvalue weighted by molar-refractivity contribution is -0.135. The molecule has 2 aromatic heterocycles. The average Bonchev–Trinajstić information content (AvgIpc) is 2.81. The first-order valence-corrected chi connectivity index (χ1v) is 6.01. The lowest BCUT2D eigenvalue weighted by Crippen LogP contribution is -2.40. The number of aliphatic carboxylic acids is 2. The van der Waals surface area contributed by atoms with E-state index in [1.54, 1.807) is 7.05 Å². The molecule has 10 heteroatoms. The van der Waals surface area contributed by atoms with Crippen LogP contribution in [-0.2, 0) is 30.2 Å². The number of carboxylic acid groups (broad SMARTS) is 2. The minimum atomic E-state index is -1.53. The van der Waals surface area contributed by atoms with Crippen molar-refractivity contribution < 1.29 is 19.8 Å². The number of imidazole rings is 1. The molecule has 116 valence electrons. The third kappa shape index (κ3) is 2.41. The van der Waals surface area contributed by atoms with Crippen LogP contribution in [0.15, 0.2) is 27.6 Å². The maximum Gasteiger partial charge on any atom is 0.333 e. The fraction of sp³-hybridized carbons (Fsp3) is 0.250. The SMILES string of the molecule is Cn1cnc2c1c(=O)n(C/C(=C/C(=O)O)C(=O)O)c(=O)n2C. The Balaban J connectivity index is 2.74. The molecule has 0 aliphatic heterocycles. The first-order chi connectivity index (χ1) is 10.2. The molecule has 10 nitrogen and oxygen atoms in total. The summed E-state index contributed by atoms with van der Waals surface area (Å²) >= 11 is 0. The van der Waals surface area contributed by atoms with Gasteiger partial charge in [-0.3, -0.25) is 13.9 Å². The normalized spacial score (nSPS) is 11.8. The lowest BCUT2D eigenvalue weighted by atomic mass is 10.2. The Morgan fingerprint density at radius 2 is 1.91 bits per heavy atom. The average molecular weight is 308 g/mol. The molecule has 2 N–H and O–H groups in total. The van der Waals surface area contributed by atoms with Gasteiger partial charge in [-0.15, -0.1) is 0 Å². The molecule has 0 atom stereocenters. The smallest absolute Gasteiger partial charge is 0.333 e. The summed E-state index contributed by atoms with van der Waals surface area (Å²) in [4.78, 5) is 50.1. The van der Waals surface area contributed by atoms with Crippen molar-refractivity contribution in [2.75, 3.05) is 0 Å². The van der Waals surface area contributed by atoms with Gasteiger partial charge in [0.05, 0.1) is 18.4 Å². The van der Waals surface area contributed by atoms with Crippen LogP contribution in [0.2, 0.25) is 0 Å². The van der Waals surface area contributed by atoms with Crippen LogP contribution in [0, 0.1) is 0 Å². The van der Waals surface area contributed by atoms with Crippen LogP contribution in [0.3, 0.4) is 0 Å². The molecule has 0 aliphatic rings. The molecule has 2 rings (SSSR count). The Morgan fingerprint density at radius 1 is 1.27 bits per heavy atom. The highest BCUT2D eigenvalue weighted by Crippen LogP contribution is 2.04. The maximum absolute atomic E-state index is 12.3. The van der Waals surface area contributed by atoms with Crippen LogP contribution < -0.4 is 11.2 Å². The number of aryl methyl sites for hydroxylation is 2. The van der Waals surface area contributed by atoms with Gasteiger partial charge in [0.25, 0.3) is 5.56 Å². The number of hydrogen-bond acceptors (Lipinski definition) is 5. The van der Waals surface area contributed by atoms with Crippen molar-refractivity contribution in [1.29, 1.82) is 0 Å². The van der Waals surface area contributed by atoms with E-state index in [1.807, 2.05) is 0 Å². The van der Waals surface area contributed by atoms with Gasteiger partial charge in [0.1, 0.15) is 0 Å². The summed E-state index contributed by atoms with van der Waals surface area (Å²) in [5, 5.41) is 17.7. The zero-order valence-electron chi connectivity index (χ0n) is 11.7. The summed E-state index contributed by atoms with van der Waals surface area (Å²) in [5.74, 6) is -3.01. The summed E-state index contributed by atoms with van der Waals surface area (Å²) in [5.41, 5.74) is -1.84. The topological polar surface area (TPSA) is 136 Å². The highest BCUT2D eigenvalue weighted by molar-refractivity contribution is 5.94. The fourth-order valence-electron chi connectivity index (χ4n) is 2.03. The van der Waals surface area contributed by atoms with Gasteiger partial charge in [0.2, 0.25) is 0 Å². The van der Waals surface area contributed by atoms with Crippen LogP contribution in [0.5, 0.6) is 0 Å². The van der Waals surface area contributed by atoms with E-state index in [0.29, 0.717) is 10.6 Å². The Hall–Kier alpha value is -3.17. The van der Waals surface area contributed by atoms with Gasteiger partial charge in [0, 0.05) is 20.2 Å². The molecule has 2 aromatic rings. The molecule has 0 fully saturated rings. The van der Waals surface area contributed by atoms with E-state index in [9.17, 15) is 19.2 Å². The van der Waals surface area contributed by atoms with Crippen molar-refractivity contribution in [2.24, 2.45) is 14.1 Å².